The molecule has 0 bridgehead atoms. The van der Waals surface area contributed by atoms with Gasteiger partial charge in [0.2, 0.25) is 11.8 Å². The maximum atomic E-state index is 12.9. The topological polar surface area (TPSA) is 138 Å². The van der Waals surface area contributed by atoms with Gasteiger partial charge in [0, 0.05) is 16.2 Å². The molecule has 2 aliphatic heterocycles. The molecule has 4 N–H and O–H groups in total. The SMILES string of the molecule is CC(C)C[C@H](NC(=O)CNC(=O)C(C)(C)OC1=CC=C2Sc3ccccc3N=C2C1)C(=O)N[C@H]1CCOC1O. The standard InChI is InChI=1S/C28H36N4O6S/c1-16(2)13-21(25(34)32-19-11-12-37-26(19)35)31-24(33)15-29-27(36)28(3,4)38-17-9-10-23-20(14-17)30-18-7-5-6-8-22(18)39-23/h5-10,16,19,21,26,35H,11-15H2,1-4H3,(H,29,36)(H,31,33)(H,32,34)/t19-,21-,26?/m0/s1. The molecule has 1 aromatic carbocycles. The summed E-state index contributed by atoms with van der Waals surface area (Å²) in [5.74, 6) is -0.625. The summed E-state index contributed by atoms with van der Waals surface area (Å²) in [5.41, 5.74) is 0.555. The van der Waals surface area contributed by atoms with E-state index in [-0.39, 0.29) is 12.5 Å². The molecule has 10 nitrogen and oxygen atoms in total. The number of aliphatic hydroxyl groups is 1. The van der Waals surface area contributed by atoms with E-state index < -0.39 is 41.7 Å². The molecule has 1 saturated heterocycles. The van der Waals surface area contributed by atoms with Crippen molar-refractivity contribution in [2.45, 2.75) is 75.8 Å². The van der Waals surface area contributed by atoms with Gasteiger partial charge in [0.25, 0.3) is 5.91 Å². The van der Waals surface area contributed by atoms with Crippen LogP contribution >= 0.6 is 11.8 Å². The molecule has 1 aromatic rings. The number of allylic oxidation sites excluding steroid dienone is 4. The second-order valence-corrected chi connectivity index (χ2v) is 11.8. The number of hydrogen-bond donors (Lipinski definition) is 4. The van der Waals surface area contributed by atoms with Crippen molar-refractivity contribution >= 4 is 40.9 Å². The van der Waals surface area contributed by atoms with Crippen LogP contribution in [0.15, 0.2) is 57.0 Å². The van der Waals surface area contributed by atoms with E-state index in [1.807, 2.05) is 50.3 Å². The van der Waals surface area contributed by atoms with Gasteiger partial charge in [-0.1, -0.05) is 37.7 Å². The van der Waals surface area contributed by atoms with E-state index in [1.54, 1.807) is 25.6 Å². The predicted octanol–water partition coefficient (Wildman–Crippen LogP) is 2.70. The molecule has 4 rings (SSSR count). The van der Waals surface area contributed by atoms with Crippen molar-refractivity contribution in [1.29, 1.82) is 0 Å². The molecule has 11 heteroatoms. The van der Waals surface area contributed by atoms with Crippen LogP contribution in [0, 0.1) is 5.92 Å². The van der Waals surface area contributed by atoms with Crippen LogP contribution in [0.5, 0.6) is 0 Å². The third-order valence-corrected chi connectivity index (χ3v) is 7.63. The molecule has 0 saturated carbocycles. The van der Waals surface area contributed by atoms with Crippen LogP contribution in [0.1, 0.15) is 47.0 Å². The lowest BCUT2D eigenvalue weighted by Gasteiger charge is -2.29. The first kappa shape index (κ1) is 28.8. The van der Waals surface area contributed by atoms with E-state index in [1.165, 1.54) is 0 Å². The lowest BCUT2D eigenvalue weighted by Crippen LogP contribution is -2.54. The highest BCUT2D eigenvalue weighted by Gasteiger charge is 2.34. The maximum Gasteiger partial charge on any atom is 0.264 e. The molecule has 3 aliphatic rings. The van der Waals surface area contributed by atoms with E-state index in [4.69, 9.17) is 14.5 Å². The molecule has 0 aromatic heterocycles. The van der Waals surface area contributed by atoms with Crippen molar-refractivity contribution in [2.24, 2.45) is 10.9 Å². The van der Waals surface area contributed by atoms with Gasteiger partial charge in [-0.05, 0) is 56.9 Å². The van der Waals surface area contributed by atoms with Crippen LogP contribution in [-0.4, -0.2) is 65.7 Å². The Morgan fingerprint density at radius 1 is 1.23 bits per heavy atom. The summed E-state index contributed by atoms with van der Waals surface area (Å²) in [7, 11) is 0. The highest BCUT2D eigenvalue weighted by atomic mass is 32.2. The maximum absolute atomic E-state index is 12.9. The highest BCUT2D eigenvalue weighted by Crippen LogP contribution is 2.42. The van der Waals surface area contributed by atoms with E-state index in [2.05, 4.69) is 16.0 Å². The highest BCUT2D eigenvalue weighted by molar-refractivity contribution is 8.04. The summed E-state index contributed by atoms with van der Waals surface area (Å²) in [5, 5.41) is 17.9. The fourth-order valence-corrected chi connectivity index (χ4v) is 5.40. The molecule has 39 heavy (non-hydrogen) atoms. The molecular weight excluding hydrogens is 520 g/mol. The molecule has 1 unspecified atom stereocenters. The fourth-order valence-electron chi connectivity index (χ4n) is 4.43. The molecule has 0 radical (unpaired) electrons. The molecular formula is C28H36N4O6S. The van der Waals surface area contributed by atoms with Crippen LogP contribution in [0.2, 0.25) is 0 Å². The van der Waals surface area contributed by atoms with Gasteiger partial charge in [0.15, 0.2) is 11.9 Å². The van der Waals surface area contributed by atoms with Gasteiger partial charge in [0.05, 0.1) is 30.6 Å². The Balaban J connectivity index is 1.29. The minimum atomic E-state index is -1.24. The largest absolute Gasteiger partial charge is 0.482 e. The van der Waals surface area contributed by atoms with E-state index in [9.17, 15) is 19.5 Å². The number of ether oxygens (including phenoxy) is 2. The second-order valence-electron chi connectivity index (χ2n) is 10.7. The Morgan fingerprint density at radius 3 is 2.72 bits per heavy atom. The first-order valence-electron chi connectivity index (χ1n) is 13.1. The van der Waals surface area contributed by atoms with Crippen molar-refractivity contribution in [3.8, 4) is 0 Å². The van der Waals surface area contributed by atoms with Crippen LogP contribution in [0.4, 0.5) is 5.69 Å². The summed E-state index contributed by atoms with van der Waals surface area (Å²) >= 11 is 1.66. The molecule has 210 valence electrons. The minimum Gasteiger partial charge on any atom is -0.482 e. The number of aliphatic imine (C=N–C) groups is 1. The zero-order valence-electron chi connectivity index (χ0n) is 22.7. The lowest BCUT2D eigenvalue weighted by molar-refractivity contribution is -0.140. The number of rotatable bonds is 10. The summed E-state index contributed by atoms with van der Waals surface area (Å²) in [4.78, 5) is 45.3. The molecule has 3 amide bonds. The third-order valence-electron chi connectivity index (χ3n) is 6.48. The van der Waals surface area contributed by atoms with E-state index in [0.717, 1.165) is 21.2 Å². The number of nitrogens with one attached hydrogen (secondary N) is 3. The summed E-state index contributed by atoms with van der Waals surface area (Å²) in [6.45, 7) is 7.19. The van der Waals surface area contributed by atoms with Gasteiger partial charge in [-0.2, -0.15) is 0 Å². The van der Waals surface area contributed by atoms with Gasteiger partial charge in [-0.15, -0.1) is 0 Å². The Morgan fingerprint density at radius 2 is 2.00 bits per heavy atom. The third kappa shape index (κ3) is 7.49. The first-order chi connectivity index (χ1) is 18.5. The van der Waals surface area contributed by atoms with Crippen LogP contribution in [0.25, 0.3) is 0 Å². The second kappa shape index (κ2) is 12.4. The van der Waals surface area contributed by atoms with Crippen molar-refractivity contribution < 1.29 is 29.0 Å². The van der Waals surface area contributed by atoms with Crippen molar-refractivity contribution in [1.82, 2.24) is 16.0 Å². The smallest absolute Gasteiger partial charge is 0.264 e. The number of carbonyl (C=O) groups excluding carboxylic acids is 3. The number of para-hydroxylation sites is 1. The van der Waals surface area contributed by atoms with Crippen molar-refractivity contribution in [3.63, 3.8) is 0 Å². The Kier molecular flexibility index (Phi) is 9.14. The molecule has 3 atom stereocenters. The Labute approximate surface area is 232 Å². The Hall–Kier alpha value is -3.15. The number of amides is 3. The fraction of sp³-hybridized carbons (Fsp3) is 0.500. The average Bonchev–Trinajstić information content (AvgIpc) is 3.29. The van der Waals surface area contributed by atoms with Crippen LogP contribution in [-0.2, 0) is 23.9 Å². The summed E-state index contributed by atoms with van der Waals surface area (Å²) in [6, 6.07) is 6.61. The van der Waals surface area contributed by atoms with Gasteiger partial charge in [-0.25, -0.2) is 0 Å². The van der Waals surface area contributed by atoms with Crippen molar-refractivity contribution in [2.75, 3.05) is 13.2 Å². The number of thioether (sulfide) groups is 1. The molecule has 0 spiro atoms. The van der Waals surface area contributed by atoms with Gasteiger partial charge >= 0.3 is 0 Å². The number of hydrogen-bond acceptors (Lipinski definition) is 8. The Bertz CT molecular complexity index is 1210. The lowest BCUT2D eigenvalue weighted by atomic mass is 10.0. The van der Waals surface area contributed by atoms with E-state index in [0.29, 0.717) is 31.6 Å². The minimum absolute atomic E-state index is 0.131. The van der Waals surface area contributed by atoms with E-state index >= 15 is 0 Å². The number of aliphatic hydroxyl groups excluding tert-OH is 1. The number of nitrogens with zero attached hydrogens (tertiary/aromatic N) is 1. The molecule has 2 heterocycles. The zero-order valence-corrected chi connectivity index (χ0v) is 23.5. The van der Waals surface area contributed by atoms with Crippen LogP contribution in [0.3, 0.4) is 0 Å². The monoisotopic (exact) mass is 556 g/mol. The number of fused-ring (bicyclic) bond motifs is 2. The number of benzene rings is 1. The van der Waals surface area contributed by atoms with Gasteiger partial charge < -0.3 is 30.5 Å². The number of carbonyl (C=O) groups is 3. The van der Waals surface area contributed by atoms with Gasteiger partial charge in [-0.3, -0.25) is 19.4 Å². The molecule has 1 aliphatic carbocycles. The summed E-state index contributed by atoms with van der Waals surface area (Å²) < 4.78 is 11.1. The average molecular weight is 557 g/mol. The van der Waals surface area contributed by atoms with Gasteiger partial charge in [0.1, 0.15) is 11.8 Å². The molecule has 1 fully saturated rings. The van der Waals surface area contributed by atoms with Crippen molar-refractivity contribution in [3.05, 3.63) is 47.1 Å². The first-order valence-corrected chi connectivity index (χ1v) is 14.0. The quantitative estimate of drug-likeness (QED) is 0.348. The normalized spacial score (nSPS) is 21.0. The summed E-state index contributed by atoms with van der Waals surface area (Å²) in [6.07, 6.45) is 4.08. The van der Waals surface area contributed by atoms with Crippen LogP contribution < -0.4 is 16.0 Å². The predicted molar refractivity (Wildman–Crippen MR) is 148 cm³/mol. The zero-order chi connectivity index (χ0) is 28.2.